The summed E-state index contributed by atoms with van der Waals surface area (Å²) in [5.41, 5.74) is 1.09. The molecule has 1 rings (SSSR count). The Morgan fingerprint density at radius 2 is 2.33 bits per heavy atom. The minimum Gasteiger partial charge on any atom is -0.469 e. The van der Waals surface area contributed by atoms with E-state index in [1.54, 1.807) is 0 Å². The Labute approximate surface area is 108 Å². The summed E-state index contributed by atoms with van der Waals surface area (Å²) in [6.45, 7) is 5.31. The first kappa shape index (κ1) is 14.7. The summed E-state index contributed by atoms with van der Waals surface area (Å²) in [6.07, 6.45) is 1.20. The molecule has 0 aliphatic carbocycles. The molecule has 1 unspecified atom stereocenters. The highest BCUT2D eigenvalue weighted by atomic mass is 16.5. The molecule has 0 bridgehead atoms. The molecule has 0 aliphatic heterocycles. The van der Waals surface area contributed by atoms with Crippen LogP contribution in [0.5, 0.6) is 0 Å². The summed E-state index contributed by atoms with van der Waals surface area (Å²) in [6, 6.07) is 4.00. The van der Waals surface area contributed by atoms with Crippen LogP contribution in [0.25, 0.3) is 0 Å². The quantitative estimate of drug-likeness (QED) is 0.629. The number of methoxy groups -OCH3 is 1. The van der Waals surface area contributed by atoms with Gasteiger partial charge in [0.25, 0.3) is 0 Å². The molecule has 1 heterocycles. The molecule has 5 nitrogen and oxygen atoms in total. The summed E-state index contributed by atoms with van der Waals surface area (Å²) in [7, 11) is 1.32. The zero-order valence-corrected chi connectivity index (χ0v) is 11.2. The Morgan fingerprint density at radius 3 is 2.89 bits per heavy atom. The average Bonchev–Trinajstić information content (AvgIpc) is 2.82. The smallest absolute Gasteiger partial charge is 0.308 e. The maximum Gasteiger partial charge on any atom is 0.308 e. The molecule has 0 aliphatic rings. The van der Waals surface area contributed by atoms with Crippen molar-refractivity contribution in [1.29, 1.82) is 0 Å². The fourth-order valence-corrected chi connectivity index (χ4v) is 1.75. The molecule has 0 spiro atoms. The first-order valence-electron chi connectivity index (χ1n) is 6.05. The molecule has 3 N–H and O–H groups in total. The Kier molecular flexibility index (Phi) is 5.37. The summed E-state index contributed by atoms with van der Waals surface area (Å²) in [5.74, 6) is -0.395. The van der Waals surface area contributed by atoms with E-state index in [0.717, 1.165) is 5.69 Å². The molecular formula is C13H22N2O3. The van der Waals surface area contributed by atoms with Gasteiger partial charge in [-0.3, -0.25) is 4.79 Å². The summed E-state index contributed by atoms with van der Waals surface area (Å²) >= 11 is 0. The third-order valence-electron chi connectivity index (χ3n) is 2.90. The van der Waals surface area contributed by atoms with Crippen molar-refractivity contribution < 1.29 is 14.6 Å². The van der Waals surface area contributed by atoms with Gasteiger partial charge in [-0.15, -0.1) is 0 Å². The highest BCUT2D eigenvalue weighted by Crippen LogP contribution is 2.19. The van der Waals surface area contributed by atoms with E-state index in [1.807, 2.05) is 18.3 Å². The molecule has 5 heteroatoms. The van der Waals surface area contributed by atoms with Gasteiger partial charge in [0.1, 0.15) is 0 Å². The van der Waals surface area contributed by atoms with E-state index in [9.17, 15) is 9.90 Å². The van der Waals surface area contributed by atoms with E-state index in [4.69, 9.17) is 0 Å². The Morgan fingerprint density at radius 1 is 1.61 bits per heavy atom. The molecule has 1 aromatic heterocycles. The van der Waals surface area contributed by atoms with Crippen LogP contribution in [0.3, 0.4) is 0 Å². The van der Waals surface area contributed by atoms with Crippen LogP contribution >= 0.6 is 0 Å². The minimum absolute atomic E-state index is 0.0203. The van der Waals surface area contributed by atoms with Crippen molar-refractivity contribution in [2.24, 2.45) is 0 Å². The van der Waals surface area contributed by atoms with Gasteiger partial charge in [0.2, 0.25) is 0 Å². The zero-order chi connectivity index (χ0) is 13.6. The van der Waals surface area contributed by atoms with Gasteiger partial charge in [-0.05, 0) is 12.1 Å². The number of H-pyrrole nitrogens is 1. The maximum absolute atomic E-state index is 11.0. The fraction of sp³-hybridized carbons (Fsp3) is 0.615. The van der Waals surface area contributed by atoms with Crippen LogP contribution in [0.4, 0.5) is 0 Å². The SMILES string of the molecule is COC(=O)CC(O)CNCC(C)(C)c1ccc[nH]1. The van der Waals surface area contributed by atoms with Gasteiger partial charge in [0.05, 0.1) is 19.6 Å². The van der Waals surface area contributed by atoms with Gasteiger partial charge in [-0.1, -0.05) is 13.8 Å². The molecule has 102 valence electrons. The molecule has 0 aromatic carbocycles. The lowest BCUT2D eigenvalue weighted by atomic mass is 9.89. The summed E-state index contributed by atoms with van der Waals surface area (Å²) in [4.78, 5) is 14.1. The van der Waals surface area contributed by atoms with E-state index in [2.05, 4.69) is 28.9 Å². The van der Waals surface area contributed by atoms with Crippen LogP contribution in [0, 0.1) is 0 Å². The molecule has 0 saturated heterocycles. The predicted molar refractivity (Wildman–Crippen MR) is 69.3 cm³/mol. The normalized spacial score (nSPS) is 13.3. The van der Waals surface area contributed by atoms with Gasteiger partial charge in [-0.2, -0.15) is 0 Å². The van der Waals surface area contributed by atoms with Crippen molar-refractivity contribution >= 4 is 5.97 Å². The number of ether oxygens (including phenoxy) is 1. The Bertz CT molecular complexity index is 360. The van der Waals surface area contributed by atoms with Crippen molar-refractivity contribution in [2.75, 3.05) is 20.2 Å². The molecule has 0 saturated carbocycles. The van der Waals surface area contributed by atoms with Crippen molar-refractivity contribution in [1.82, 2.24) is 10.3 Å². The van der Waals surface area contributed by atoms with Gasteiger partial charge >= 0.3 is 5.97 Å². The highest BCUT2D eigenvalue weighted by molar-refractivity contribution is 5.69. The lowest BCUT2D eigenvalue weighted by molar-refractivity contribution is -0.142. The number of rotatable bonds is 7. The molecule has 0 radical (unpaired) electrons. The molecule has 0 amide bonds. The van der Waals surface area contributed by atoms with E-state index in [-0.39, 0.29) is 11.8 Å². The van der Waals surface area contributed by atoms with Crippen LogP contribution in [-0.2, 0) is 14.9 Å². The third kappa shape index (κ3) is 4.50. The van der Waals surface area contributed by atoms with E-state index in [0.29, 0.717) is 13.1 Å². The van der Waals surface area contributed by atoms with Gasteiger partial charge < -0.3 is 20.1 Å². The predicted octanol–water partition coefficient (Wildman–Crippen LogP) is 0.806. The highest BCUT2D eigenvalue weighted by Gasteiger charge is 2.21. The van der Waals surface area contributed by atoms with Crippen LogP contribution in [0.15, 0.2) is 18.3 Å². The fourth-order valence-electron chi connectivity index (χ4n) is 1.75. The van der Waals surface area contributed by atoms with Crippen molar-refractivity contribution in [3.8, 4) is 0 Å². The van der Waals surface area contributed by atoms with Gasteiger partial charge in [-0.25, -0.2) is 0 Å². The monoisotopic (exact) mass is 254 g/mol. The minimum atomic E-state index is -0.711. The largest absolute Gasteiger partial charge is 0.469 e. The topological polar surface area (TPSA) is 74.3 Å². The third-order valence-corrected chi connectivity index (χ3v) is 2.90. The lowest BCUT2D eigenvalue weighted by Gasteiger charge is -2.24. The number of hydrogen-bond donors (Lipinski definition) is 3. The number of esters is 1. The second kappa shape index (κ2) is 6.56. The van der Waals surface area contributed by atoms with E-state index >= 15 is 0 Å². The molecule has 1 aromatic rings. The molecule has 0 fully saturated rings. The second-order valence-corrected chi connectivity index (χ2v) is 5.03. The molecule has 18 heavy (non-hydrogen) atoms. The Hall–Kier alpha value is -1.33. The second-order valence-electron chi connectivity index (χ2n) is 5.03. The number of hydrogen-bond acceptors (Lipinski definition) is 4. The Balaban J connectivity index is 2.31. The summed E-state index contributed by atoms with van der Waals surface area (Å²) < 4.78 is 4.50. The molecular weight excluding hydrogens is 232 g/mol. The van der Waals surface area contributed by atoms with Crippen molar-refractivity contribution in [3.63, 3.8) is 0 Å². The van der Waals surface area contributed by atoms with Crippen LogP contribution in [0.1, 0.15) is 26.0 Å². The number of aliphatic hydroxyl groups is 1. The lowest BCUT2D eigenvalue weighted by Crippen LogP contribution is -2.38. The zero-order valence-electron chi connectivity index (χ0n) is 11.2. The van der Waals surface area contributed by atoms with Crippen molar-refractivity contribution in [3.05, 3.63) is 24.0 Å². The number of aromatic amines is 1. The molecule has 1 atom stereocenters. The van der Waals surface area contributed by atoms with Crippen molar-refractivity contribution in [2.45, 2.75) is 31.8 Å². The standard InChI is InChI=1S/C13H22N2O3/c1-13(2,11-5-4-6-15-11)9-14-8-10(16)7-12(17)18-3/h4-6,10,14-16H,7-9H2,1-3H3. The summed E-state index contributed by atoms with van der Waals surface area (Å²) in [5, 5.41) is 12.8. The first-order chi connectivity index (χ1) is 8.45. The number of carbonyl (C=O) groups excluding carboxylic acids is 1. The maximum atomic E-state index is 11.0. The average molecular weight is 254 g/mol. The van der Waals surface area contributed by atoms with Gasteiger partial charge in [0.15, 0.2) is 0 Å². The van der Waals surface area contributed by atoms with E-state index in [1.165, 1.54) is 7.11 Å². The van der Waals surface area contributed by atoms with Crippen LogP contribution < -0.4 is 5.32 Å². The van der Waals surface area contributed by atoms with Crippen LogP contribution in [0.2, 0.25) is 0 Å². The first-order valence-corrected chi connectivity index (χ1v) is 6.05. The van der Waals surface area contributed by atoms with Crippen LogP contribution in [-0.4, -0.2) is 42.4 Å². The number of carbonyl (C=O) groups is 1. The number of aliphatic hydroxyl groups excluding tert-OH is 1. The number of aromatic nitrogens is 1. The van der Waals surface area contributed by atoms with E-state index < -0.39 is 12.1 Å². The van der Waals surface area contributed by atoms with Gasteiger partial charge in [0, 0.05) is 30.4 Å². The number of nitrogens with one attached hydrogen (secondary N) is 2.